The molecule has 7 heterocycles. The summed E-state index contributed by atoms with van der Waals surface area (Å²) in [6.07, 6.45) is 34.3. The van der Waals surface area contributed by atoms with Gasteiger partial charge in [0.05, 0.1) is 12.2 Å². The molecule has 20 unspecified atom stereocenters. The summed E-state index contributed by atoms with van der Waals surface area (Å²) < 4.78 is 13.9. The molecule has 10 fully saturated rings. The van der Waals surface area contributed by atoms with Crippen molar-refractivity contribution >= 4 is 45.4 Å². The Kier molecular flexibility index (Phi) is 14.8. The van der Waals surface area contributed by atoms with E-state index in [9.17, 15) is 20.1 Å². The number of phenols is 1. The number of ether oxygens (including phenoxy) is 2. The Morgan fingerprint density at radius 3 is 2.52 bits per heavy atom. The molecule has 16 heteroatoms. The zero-order valence-electron chi connectivity index (χ0n) is 52.6. The summed E-state index contributed by atoms with van der Waals surface area (Å²) in [4.78, 5) is 40.5. The van der Waals surface area contributed by atoms with Crippen LogP contribution in [0.4, 0.5) is 0 Å². The van der Waals surface area contributed by atoms with Gasteiger partial charge in [-0.25, -0.2) is 0 Å². The average Bonchev–Trinajstić information content (AvgIpc) is 1.57. The van der Waals surface area contributed by atoms with Gasteiger partial charge in [-0.15, -0.1) is 0 Å². The van der Waals surface area contributed by atoms with Crippen molar-refractivity contribution in [2.45, 2.75) is 232 Å². The highest BCUT2D eigenvalue weighted by molar-refractivity contribution is 8.77. The zero-order chi connectivity index (χ0) is 60.9. The van der Waals surface area contributed by atoms with Gasteiger partial charge in [-0.3, -0.25) is 19.6 Å². The number of amides is 1. The van der Waals surface area contributed by atoms with Crippen LogP contribution in [0.15, 0.2) is 70.7 Å². The highest BCUT2D eigenvalue weighted by atomic mass is 33.1. The minimum Gasteiger partial charge on any atom is -0.504 e. The second-order valence-electron chi connectivity index (χ2n) is 31.8. The summed E-state index contributed by atoms with van der Waals surface area (Å²) in [5.41, 5.74) is 21.3. The number of aromatic hydroxyl groups is 1. The van der Waals surface area contributed by atoms with Gasteiger partial charge in [0.2, 0.25) is 5.91 Å². The first-order chi connectivity index (χ1) is 43.0. The maximum atomic E-state index is 15.1. The Hall–Kier alpha value is -4.38. The van der Waals surface area contributed by atoms with Gasteiger partial charge in [0.25, 0.3) is 0 Å². The molecule has 14 nitrogen and oxygen atoms in total. The highest BCUT2D eigenvalue weighted by Gasteiger charge is 2.74. The van der Waals surface area contributed by atoms with Gasteiger partial charge >= 0.3 is 5.97 Å². The molecular formula is C73H99N7O7S2. The average molecular weight is 1250 g/mol. The zero-order valence-corrected chi connectivity index (χ0v) is 54.3. The lowest BCUT2D eigenvalue weighted by molar-refractivity contribution is -0.180. The standard InChI is InChI=1S/C73H99N7O7S2/c1-43(81)86-68-31-21-45-34-49(62(84)63-60(45)46-22-33-71(87-63)28-7-12-50(71)35-46)41-80-42-69(38-59(80)83)51(15-17-54(69)44-10-3-2-4-11-44)40-78-66(76)79-73(30-8-26-67(73)24-5-6-25-67)89-88-58-20-19-55-52(53(23-32-68)57(82)37-68)16-18-56(58)72(55)29-9-27-70(72)36-47-13-14-48(39-77-65(74)75)61(47)64(70)85/h2-4,10-11,19-20,22,33-34,46-48,50-58,61,64,82,84-85H,5-9,12-18,21,23-32,35-42H2,1H3,(H4,74,75,77)(H3,76,78,79). The molecule has 1 amide bonds. The monoisotopic (exact) mass is 1250 g/mol. The van der Waals surface area contributed by atoms with Gasteiger partial charge in [-0.2, -0.15) is 0 Å². The third-order valence-electron chi connectivity index (χ3n) is 28.4. The van der Waals surface area contributed by atoms with E-state index in [-0.39, 0.29) is 104 Å². The van der Waals surface area contributed by atoms with E-state index in [4.69, 9.17) is 31.7 Å². The number of aliphatic imine (C=N–C) groups is 2. The number of fused-ring (bicyclic) bond motifs is 3. The molecule has 7 aliphatic heterocycles. The Balaban J connectivity index is 0.811. The van der Waals surface area contributed by atoms with Gasteiger partial charge in [-0.05, 0) is 223 Å². The normalized spacial score (nSPS) is 44.8. The number of aryl methyl sites for hydroxylation is 1. The quantitative estimate of drug-likeness (QED) is 0.0497. The lowest BCUT2D eigenvalue weighted by Gasteiger charge is -2.64. The molecule has 480 valence electrons. The first-order valence-electron chi connectivity index (χ1n) is 35.3. The predicted octanol–water partition coefficient (Wildman–Crippen LogP) is 11.8. The lowest BCUT2D eigenvalue weighted by atomic mass is 9.42. The van der Waals surface area contributed by atoms with Gasteiger partial charge < -0.3 is 52.2 Å². The van der Waals surface area contributed by atoms with E-state index in [1.807, 2.05) is 4.90 Å². The fourth-order valence-electron chi connectivity index (χ4n) is 24.9. The summed E-state index contributed by atoms with van der Waals surface area (Å²) in [7, 11) is 4.16. The summed E-state index contributed by atoms with van der Waals surface area (Å²) >= 11 is 0. The number of nitrogens with two attached hydrogens (primary N) is 3. The van der Waals surface area contributed by atoms with E-state index in [2.05, 4.69) is 92.6 Å². The van der Waals surface area contributed by atoms with Crippen LogP contribution in [0.3, 0.4) is 0 Å². The molecule has 18 aliphatic rings. The highest BCUT2D eigenvalue weighted by Crippen LogP contribution is 2.78. The topological polar surface area (TPSA) is 231 Å². The number of carbonyl (C=O) groups is 2. The Labute approximate surface area is 535 Å². The lowest BCUT2D eigenvalue weighted by Crippen LogP contribution is -2.62. The summed E-state index contributed by atoms with van der Waals surface area (Å²) in [6, 6.07) is 13.0. The molecule has 9 saturated carbocycles. The van der Waals surface area contributed by atoms with Gasteiger partial charge in [-0.1, -0.05) is 89.4 Å². The minimum absolute atomic E-state index is 0.00419. The van der Waals surface area contributed by atoms with E-state index >= 15 is 4.79 Å². The Morgan fingerprint density at radius 1 is 0.865 bits per heavy atom. The second kappa shape index (κ2) is 22.1. The molecule has 0 aromatic heterocycles. The molecule has 12 bridgehead atoms. The number of benzene rings is 2. The number of hydrogen-bond donors (Lipinski definition) is 7. The van der Waals surface area contributed by atoms with E-state index in [1.165, 1.54) is 44.6 Å². The molecule has 6 spiro atoms. The number of hydrogen-bond acceptors (Lipinski definition) is 13. The van der Waals surface area contributed by atoms with Crippen LogP contribution in [0.25, 0.3) is 0 Å². The Bertz CT molecular complexity index is 3240. The van der Waals surface area contributed by atoms with Crippen LogP contribution >= 0.6 is 21.6 Å². The van der Waals surface area contributed by atoms with Crippen LogP contribution in [0, 0.1) is 74.9 Å². The van der Waals surface area contributed by atoms with Crippen LogP contribution in [-0.2, 0) is 27.3 Å². The van der Waals surface area contributed by atoms with Crippen LogP contribution in [0.1, 0.15) is 208 Å². The molecule has 2 aromatic carbocycles. The third kappa shape index (κ3) is 9.16. The number of rotatable bonds is 4. The number of nitrogens with zero attached hydrogens (tertiary/aromatic N) is 3. The van der Waals surface area contributed by atoms with Crippen molar-refractivity contribution in [1.82, 2.24) is 10.2 Å². The van der Waals surface area contributed by atoms with Crippen molar-refractivity contribution < 1.29 is 34.4 Å². The van der Waals surface area contributed by atoms with Crippen molar-refractivity contribution in [2.75, 3.05) is 19.6 Å². The number of allylic oxidation sites excluding steroid dienone is 2. The molecule has 1 saturated heterocycles. The molecule has 11 aliphatic carbocycles. The van der Waals surface area contributed by atoms with E-state index in [1.54, 1.807) is 0 Å². The van der Waals surface area contributed by atoms with Gasteiger partial charge in [0.15, 0.2) is 23.4 Å². The van der Waals surface area contributed by atoms with Crippen molar-refractivity contribution in [3.8, 4) is 11.5 Å². The first-order valence-corrected chi connectivity index (χ1v) is 37.5. The fourth-order valence-corrected chi connectivity index (χ4v) is 29.0. The number of aliphatic hydroxyl groups is 2. The van der Waals surface area contributed by atoms with E-state index in [0.717, 1.165) is 120 Å². The van der Waals surface area contributed by atoms with E-state index in [0.29, 0.717) is 86.8 Å². The molecule has 89 heavy (non-hydrogen) atoms. The van der Waals surface area contributed by atoms with Crippen LogP contribution in [0.5, 0.6) is 11.5 Å². The molecular weight excluding hydrogens is 1150 g/mol. The fraction of sp³-hybridized carbons (Fsp3) is 0.726. The minimum atomic E-state index is -0.908. The van der Waals surface area contributed by atoms with Crippen molar-refractivity contribution in [1.29, 1.82) is 0 Å². The third-order valence-corrected chi connectivity index (χ3v) is 32.0. The number of aliphatic hydroxyl groups excluding tert-OH is 2. The molecule has 2 aromatic rings. The molecule has 0 radical (unpaired) electrons. The number of carbonyl (C=O) groups excluding carboxylic acids is 2. The van der Waals surface area contributed by atoms with Crippen LogP contribution < -0.4 is 27.3 Å². The first kappa shape index (κ1) is 59.6. The van der Waals surface area contributed by atoms with Crippen molar-refractivity contribution in [2.24, 2.45) is 102 Å². The van der Waals surface area contributed by atoms with Crippen molar-refractivity contribution in [3.63, 3.8) is 0 Å². The van der Waals surface area contributed by atoms with Crippen molar-refractivity contribution in [3.05, 3.63) is 83.0 Å². The largest absolute Gasteiger partial charge is 0.504 e. The number of guanidine groups is 2. The van der Waals surface area contributed by atoms with Gasteiger partial charge in [0, 0.05) is 90.4 Å². The maximum Gasteiger partial charge on any atom is 0.303 e. The molecule has 20 atom stereocenters. The summed E-state index contributed by atoms with van der Waals surface area (Å²) in [5, 5.41) is 43.9. The van der Waals surface area contributed by atoms with Crippen LogP contribution in [-0.4, -0.2) is 97.2 Å². The van der Waals surface area contributed by atoms with E-state index < -0.39 is 28.8 Å². The van der Waals surface area contributed by atoms with Gasteiger partial charge in [0.1, 0.15) is 16.1 Å². The summed E-state index contributed by atoms with van der Waals surface area (Å²) in [6.45, 7) is 3.41. The summed E-state index contributed by atoms with van der Waals surface area (Å²) in [5.74, 6) is 3.28. The number of phenolic OH excluding ortho intramolecular Hbond substituents is 1. The predicted molar refractivity (Wildman–Crippen MR) is 350 cm³/mol. The second-order valence-corrected chi connectivity index (χ2v) is 34.5. The Morgan fingerprint density at radius 2 is 1.70 bits per heavy atom. The molecule has 20 rings (SSSR count). The van der Waals surface area contributed by atoms with Crippen LogP contribution in [0.2, 0.25) is 0 Å². The number of nitrogens with one attached hydrogen (secondary N) is 1. The maximum absolute atomic E-state index is 15.1. The number of esters is 1. The smallest absolute Gasteiger partial charge is 0.303 e. The SMILES string of the molecule is CC(=O)OC12CCc3cc(c(O)c4c3C3C=CC5(CCCC5C3)O4)CN3CC4(CC3=O)C(CCC4c3ccccc3)CN=C(N)NC3(CCCC34CCCC4)SSC3C=CC4C(CCC3C43CCCC34CC3CCC(CN=C(N)N)C3C4O)C(CC1)C(O)C2. The molecule has 10 N–H and O–H groups in total.